The van der Waals surface area contributed by atoms with E-state index in [0.29, 0.717) is 18.0 Å². The predicted molar refractivity (Wildman–Crippen MR) is 126 cm³/mol. The monoisotopic (exact) mass is 451 g/mol. The Morgan fingerprint density at radius 3 is 2.42 bits per heavy atom. The third-order valence-corrected chi connectivity index (χ3v) is 5.41. The SMILES string of the molecule is CCN(CC)CCNC(=O)COc1cccc2c1C(=O)C=C(Nc1ccc(OC)cc1)C2=O. The molecule has 0 heterocycles. The number of likely N-dealkylation sites (N-methyl/N-ethyl adjacent to an activating group) is 1. The highest BCUT2D eigenvalue weighted by Gasteiger charge is 2.29. The number of nitrogens with zero attached hydrogens (tertiary/aromatic N) is 1. The Hall–Kier alpha value is -3.65. The molecule has 0 aromatic heterocycles. The summed E-state index contributed by atoms with van der Waals surface area (Å²) in [6.07, 6.45) is 1.26. The molecule has 1 aliphatic rings. The number of ketones is 2. The number of benzene rings is 2. The number of carbonyl (C=O) groups excluding carboxylic acids is 3. The number of hydrogen-bond donors (Lipinski definition) is 2. The summed E-state index contributed by atoms with van der Waals surface area (Å²) < 4.78 is 10.7. The second kappa shape index (κ2) is 11.3. The first-order valence-electron chi connectivity index (χ1n) is 10.9. The largest absolute Gasteiger partial charge is 0.497 e. The number of allylic oxidation sites excluding steroid dienone is 2. The van der Waals surface area contributed by atoms with Crippen molar-refractivity contribution in [1.29, 1.82) is 0 Å². The van der Waals surface area contributed by atoms with Crippen molar-refractivity contribution in [2.24, 2.45) is 0 Å². The number of amides is 1. The van der Waals surface area contributed by atoms with E-state index >= 15 is 0 Å². The van der Waals surface area contributed by atoms with Crippen LogP contribution in [0.3, 0.4) is 0 Å². The summed E-state index contributed by atoms with van der Waals surface area (Å²) in [5.74, 6) is -0.0752. The van der Waals surface area contributed by atoms with E-state index in [4.69, 9.17) is 9.47 Å². The molecule has 0 saturated heterocycles. The summed E-state index contributed by atoms with van der Waals surface area (Å²) in [6, 6.07) is 11.8. The summed E-state index contributed by atoms with van der Waals surface area (Å²) in [4.78, 5) is 40.2. The van der Waals surface area contributed by atoms with E-state index in [9.17, 15) is 14.4 Å². The van der Waals surface area contributed by atoms with Crippen molar-refractivity contribution in [1.82, 2.24) is 10.2 Å². The first-order valence-corrected chi connectivity index (χ1v) is 10.9. The third kappa shape index (κ3) is 5.98. The molecule has 3 rings (SSSR count). The van der Waals surface area contributed by atoms with Crippen LogP contribution in [0.1, 0.15) is 34.6 Å². The van der Waals surface area contributed by atoms with Gasteiger partial charge in [0, 0.05) is 30.4 Å². The molecule has 0 unspecified atom stereocenters. The van der Waals surface area contributed by atoms with Crippen LogP contribution in [0.25, 0.3) is 0 Å². The molecular weight excluding hydrogens is 422 g/mol. The van der Waals surface area contributed by atoms with Crippen LogP contribution in [0, 0.1) is 0 Å². The van der Waals surface area contributed by atoms with Crippen LogP contribution in [0.5, 0.6) is 11.5 Å². The number of Topliss-reactive ketones (excluding diaryl/α,β-unsaturated/α-hetero) is 1. The van der Waals surface area contributed by atoms with Crippen LogP contribution < -0.4 is 20.1 Å². The number of fused-ring (bicyclic) bond motifs is 1. The van der Waals surface area contributed by atoms with Crippen molar-refractivity contribution < 1.29 is 23.9 Å². The molecule has 8 heteroatoms. The number of ether oxygens (including phenoxy) is 2. The molecule has 2 aromatic carbocycles. The molecule has 0 bridgehead atoms. The van der Waals surface area contributed by atoms with Gasteiger partial charge < -0.3 is 25.0 Å². The Kier molecular flexibility index (Phi) is 8.21. The van der Waals surface area contributed by atoms with Crippen molar-refractivity contribution in [3.8, 4) is 11.5 Å². The van der Waals surface area contributed by atoms with E-state index in [1.165, 1.54) is 6.08 Å². The van der Waals surface area contributed by atoms with Gasteiger partial charge in [-0.1, -0.05) is 19.9 Å². The van der Waals surface area contributed by atoms with Gasteiger partial charge in [0.1, 0.15) is 11.5 Å². The van der Waals surface area contributed by atoms with Crippen molar-refractivity contribution in [3.63, 3.8) is 0 Å². The van der Waals surface area contributed by atoms with Crippen LogP contribution in [0.15, 0.2) is 54.2 Å². The highest BCUT2D eigenvalue weighted by molar-refractivity contribution is 6.26. The Bertz CT molecular complexity index is 1040. The van der Waals surface area contributed by atoms with Gasteiger partial charge in [-0.15, -0.1) is 0 Å². The fourth-order valence-corrected chi connectivity index (χ4v) is 3.52. The average molecular weight is 452 g/mol. The molecule has 174 valence electrons. The first-order chi connectivity index (χ1) is 16.0. The second-order valence-electron chi connectivity index (χ2n) is 7.45. The summed E-state index contributed by atoms with van der Waals surface area (Å²) >= 11 is 0. The summed E-state index contributed by atoms with van der Waals surface area (Å²) in [7, 11) is 1.57. The zero-order valence-electron chi connectivity index (χ0n) is 19.1. The number of rotatable bonds is 11. The van der Waals surface area contributed by atoms with E-state index in [1.807, 2.05) is 0 Å². The van der Waals surface area contributed by atoms with E-state index in [-0.39, 0.29) is 46.7 Å². The zero-order chi connectivity index (χ0) is 23.8. The van der Waals surface area contributed by atoms with Gasteiger partial charge in [-0.2, -0.15) is 0 Å². The lowest BCUT2D eigenvalue weighted by Crippen LogP contribution is -2.37. The van der Waals surface area contributed by atoms with E-state index in [2.05, 4.69) is 29.4 Å². The van der Waals surface area contributed by atoms with Crippen LogP contribution >= 0.6 is 0 Å². The summed E-state index contributed by atoms with van der Waals surface area (Å²) in [5.41, 5.74) is 1.22. The molecular formula is C25H29N3O5. The van der Waals surface area contributed by atoms with Gasteiger partial charge in [-0.25, -0.2) is 0 Å². The number of hydrogen-bond acceptors (Lipinski definition) is 7. The van der Waals surface area contributed by atoms with Crippen LogP contribution in [0.2, 0.25) is 0 Å². The van der Waals surface area contributed by atoms with Gasteiger partial charge in [0.15, 0.2) is 12.4 Å². The molecule has 0 fully saturated rings. The number of methoxy groups -OCH3 is 1. The van der Waals surface area contributed by atoms with Gasteiger partial charge in [0.25, 0.3) is 5.91 Å². The molecule has 1 aliphatic carbocycles. The number of carbonyl (C=O) groups is 3. The van der Waals surface area contributed by atoms with Gasteiger partial charge in [0.2, 0.25) is 5.78 Å². The van der Waals surface area contributed by atoms with Crippen LogP contribution in [0.4, 0.5) is 5.69 Å². The van der Waals surface area contributed by atoms with Crippen LogP contribution in [-0.4, -0.2) is 62.3 Å². The molecule has 0 atom stereocenters. The molecule has 0 saturated carbocycles. The number of anilines is 1. The quantitative estimate of drug-likeness (QED) is 0.542. The minimum absolute atomic E-state index is 0.165. The van der Waals surface area contributed by atoms with Gasteiger partial charge in [0.05, 0.1) is 18.4 Å². The highest BCUT2D eigenvalue weighted by Crippen LogP contribution is 2.30. The van der Waals surface area contributed by atoms with Crippen molar-refractivity contribution in [2.75, 3.05) is 45.2 Å². The van der Waals surface area contributed by atoms with E-state index in [0.717, 1.165) is 19.6 Å². The maximum atomic E-state index is 13.0. The Morgan fingerprint density at radius 2 is 1.76 bits per heavy atom. The number of nitrogens with one attached hydrogen (secondary N) is 2. The lowest BCUT2D eigenvalue weighted by atomic mass is 9.91. The lowest BCUT2D eigenvalue weighted by molar-refractivity contribution is -0.123. The minimum Gasteiger partial charge on any atom is -0.497 e. The van der Waals surface area contributed by atoms with E-state index in [1.54, 1.807) is 49.6 Å². The maximum Gasteiger partial charge on any atom is 0.257 e. The minimum atomic E-state index is -0.363. The Labute approximate surface area is 193 Å². The molecule has 2 N–H and O–H groups in total. The molecule has 0 spiro atoms. The second-order valence-corrected chi connectivity index (χ2v) is 7.45. The van der Waals surface area contributed by atoms with Crippen LogP contribution in [-0.2, 0) is 4.79 Å². The molecule has 33 heavy (non-hydrogen) atoms. The summed E-state index contributed by atoms with van der Waals surface area (Å²) in [5, 5.41) is 5.80. The van der Waals surface area contributed by atoms with Gasteiger partial charge in [-0.3, -0.25) is 14.4 Å². The predicted octanol–water partition coefficient (Wildman–Crippen LogP) is 2.91. The average Bonchev–Trinajstić information content (AvgIpc) is 2.84. The summed E-state index contributed by atoms with van der Waals surface area (Å²) in [6.45, 7) is 6.99. The van der Waals surface area contributed by atoms with Gasteiger partial charge in [-0.05, 0) is 49.5 Å². The molecule has 8 nitrogen and oxygen atoms in total. The third-order valence-electron chi connectivity index (χ3n) is 5.41. The van der Waals surface area contributed by atoms with Crippen molar-refractivity contribution in [2.45, 2.75) is 13.8 Å². The standard InChI is InChI=1S/C25H29N3O5/c1-4-28(5-2)14-13-26-23(30)16-33-22-8-6-7-19-24(22)21(29)15-20(25(19)31)27-17-9-11-18(32-3)12-10-17/h6-12,15,27H,4-5,13-14,16H2,1-3H3,(H,26,30). The molecule has 1 amide bonds. The van der Waals surface area contributed by atoms with Crippen molar-refractivity contribution in [3.05, 3.63) is 65.4 Å². The van der Waals surface area contributed by atoms with E-state index < -0.39 is 0 Å². The fraction of sp³-hybridized carbons (Fsp3) is 0.320. The smallest absolute Gasteiger partial charge is 0.257 e. The lowest BCUT2D eigenvalue weighted by Gasteiger charge is -2.20. The molecule has 0 radical (unpaired) electrons. The molecule has 2 aromatic rings. The normalized spacial score (nSPS) is 12.8. The topological polar surface area (TPSA) is 97.0 Å². The first kappa shape index (κ1) is 24.0. The molecule has 0 aliphatic heterocycles. The highest BCUT2D eigenvalue weighted by atomic mass is 16.5. The zero-order valence-corrected chi connectivity index (χ0v) is 19.1. The maximum absolute atomic E-state index is 13.0. The Balaban J connectivity index is 1.65. The van der Waals surface area contributed by atoms with Gasteiger partial charge >= 0.3 is 0 Å². The van der Waals surface area contributed by atoms with Crippen molar-refractivity contribution >= 4 is 23.2 Å². The Morgan fingerprint density at radius 1 is 1.03 bits per heavy atom. The fourth-order valence-electron chi connectivity index (χ4n) is 3.52.